The van der Waals surface area contributed by atoms with E-state index in [9.17, 15) is 4.79 Å². The minimum Gasteiger partial charge on any atom is -0.464 e. The number of halogens is 3. The SMILES string of the molecule is COC(=O)c1cc(-c2ccccc2Cl)n(-c2ccc(Cl)c(Cl)c2)n1. The van der Waals surface area contributed by atoms with Crippen molar-refractivity contribution in [2.24, 2.45) is 0 Å². The molecule has 0 spiro atoms. The van der Waals surface area contributed by atoms with Gasteiger partial charge in [0.25, 0.3) is 0 Å². The number of hydrogen-bond acceptors (Lipinski definition) is 3. The van der Waals surface area contributed by atoms with E-state index in [4.69, 9.17) is 39.5 Å². The zero-order chi connectivity index (χ0) is 17.3. The lowest BCUT2D eigenvalue weighted by atomic mass is 10.1. The van der Waals surface area contributed by atoms with Crippen LogP contribution in [0.25, 0.3) is 16.9 Å². The molecule has 0 aliphatic heterocycles. The minimum atomic E-state index is -0.540. The van der Waals surface area contributed by atoms with E-state index in [-0.39, 0.29) is 5.69 Å². The number of rotatable bonds is 3. The lowest BCUT2D eigenvalue weighted by Gasteiger charge is -2.09. The standard InChI is InChI=1S/C17H11Cl3N2O2/c1-24-17(23)15-9-16(11-4-2-3-5-12(11)18)22(21-15)10-6-7-13(19)14(20)8-10/h2-9H,1H3. The van der Waals surface area contributed by atoms with E-state index in [0.717, 1.165) is 5.56 Å². The first-order valence-electron chi connectivity index (χ1n) is 6.90. The molecular formula is C17H11Cl3N2O2. The number of methoxy groups -OCH3 is 1. The smallest absolute Gasteiger partial charge is 0.358 e. The first kappa shape index (κ1) is 16.8. The number of aromatic nitrogens is 2. The van der Waals surface area contributed by atoms with Crippen molar-refractivity contribution in [2.45, 2.75) is 0 Å². The number of benzene rings is 2. The Morgan fingerprint density at radius 1 is 1.00 bits per heavy atom. The van der Waals surface area contributed by atoms with Crippen LogP contribution >= 0.6 is 34.8 Å². The lowest BCUT2D eigenvalue weighted by Crippen LogP contribution is -2.04. The highest BCUT2D eigenvalue weighted by Gasteiger charge is 2.19. The van der Waals surface area contributed by atoms with E-state index in [2.05, 4.69) is 5.10 Å². The zero-order valence-electron chi connectivity index (χ0n) is 12.5. The number of nitrogens with zero attached hydrogens (tertiary/aromatic N) is 2. The van der Waals surface area contributed by atoms with E-state index in [1.54, 1.807) is 35.0 Å². The molecule has 2 aromatic carbocycles. The largest absolute Gasteiger partial charge is 0.464 e. The number of carbonyl (C=O) groups is 1. The van der Waals surface area contributed by atoms with Gasteiger partial charge in [0.1, 0.15) is 0 Å². The summed E-state index contributed by atoms with van der Waals surface area (Å²) in [6.45, 7) is 0. The Labute approximate surface area is 153 Å². The van der Waals surface area contributed by atoms with Gasteiger partial charge in [-0.15, -0.1) is 0 Å². The van der Waals surface area contributed by atoms with Crippen molar-refractivity contribution in [1.29, 1.82) is 0 Å². The summed E-state index contributed by atoms with van der Waals surface area (Å²) in [6, 6.07) is 14.0. The Balaban J connectivity index is 2.23. The second-order valence-corrected chi connectivity index (χ2v) is 6.12. The van der Waals surface area contributed by atoms with Gasteiger partial charge in [-0.25, -0.2) is 9.48 Å². The van der Waals surface area contributed by atoms with Gasteiger partial charge in [-0.3, -0.25) is 0 Å². The molecule has 0 unspecified atom stereocenters. The van der Waals surface area contributed by atoms with Gasteiger partial charge in [0.2, 0.25) is 0 Å². The summed E-state index contributed by atoms with van der Waals surface area (Å²) in [5.41, 5.74) is 2.18. The van der Waals surface area contributed by atoms with Crippen LogP contribution in [0, 0.1) is 0 Å². The van der Waals surface area contributed by atoms with Gasteiger partial charge < -0.3 is 4.74 Å². The maximum Gasteiger partial charge on any atom is 0.358 e. The molecule has 0 bridgehead atoms. The van der Waals surface area contributed by atoms with Crippen molar-refractivity contribution < 1.29 is 9.53 Å². The van der Waals surface area contributed by atoms with Crippen LogP contribution in [0.2, 0.25) is 15.1 Å². The van der Waals surface area contributed by atoms with Crippen LogP contribution in [0.1, 0.15) is 10.5 Å². The molecule has 0 atom stereocenters. The molecule has 1 aromatic heterocycles. The average Bonchev–Trinajstić information content (AvgIpc) is 3.02. The Morgan fingerprint density at radius 3 is 2.42 bits per heavy atom. The van der Waals surface area contributed by atoms with Crippen molar-refractivity contribution in [2.75, 3.05) is 7.11 Å². The molecule has 0 aliphatic rings. The molecule has 0 radical (unpaired) electrons. The van der Waals surface area contributed by atoms with Crippen molar-refractivity contribution >= 4 is 40.8 Å². The summed E-state index contributed by atoms with van der Waals surface area (Å²) >= 11 is 18.4. The molecule has 0 saturated heterocycles. The quantitative estimate of drug-likeness (QED) is 0.579. The average molecular weight is 382 g/mol. The van der Waals surface area contributed by atoms with Crippen LogP contribution in [0.4, 0.5) is 0 Å². The molecule has 122 valence electrons. The van der Waals surface area contributed by atoms with Crippen LogP contribution < -0.4 is 0 Å². The molecule has 0 saturated carbocycles. The Kier molecular flexibility index (Phi) is 4.81. The fourth-order valence-corrected chi connectivity index (χ4v) is 2.78. The van der Waals surface area contributed by atoms with Crippen LogP contribution in [-0.2, 0) is 4.74 Å². The molecule has 0 N–H and O–H groups in total. The topological polar surface area (TPSA) is 44.1 Å². The summed E-state index contributed by atoms with van der Waals surface area (Å²) in [7, 11) is 1.30. The van der Waals surface area contributed by atoms with Crippen LogP contribution in [0.5, 0.6) is 0 Å². The third-order valence-electron chi connectivity index (χ3n) is 3.40. The molecule has 24 heavy (non-hydrogen) atoms. The third-order valence-corrected chi connectivity index (χ3v) is 4.47. The molecule has 1 heterocycles. The predicted octanol–water partition coefficient (Wildman–Crippen LogP) is 5.29. The monoisotopic (exact) mass is 380 g/mol. The molecular weight excluding hydrogens is 371 g/mol. The Hall–Kier alpha value is -2.01. The second kappa shape index (κ2) is 6.85. The first-order valence-corrected chi connectivity index (χ1v) is 8.03. The van der Waals surface area contributed by atoms with Gasteiger partial charge in [0.05, 0.1) is 28.5 Å². The van der Waals surface area contributed by atoms with Gasteiger partial charge in [-0.1, -0.05) is 53.0 Å². The van der Waals surface area contributed by atoms with Crippen LogP contribution in [0.15, 0.2) is 48.5 Å². The summed E-state index contributed by atoms with van der Waals surface area (Å²) in [4.78, 5) is 11.9. The van der Waals surface area contributed by atoms with Crippen molar-refractivity contribution in [3.8, 4) is 16.9 Å². The number of esters is 1. The van der Waals surface area contributed by atoms with Gasteiger partial charge in [0, 0.05) is 10.6 Å². The molecule has 0 fully saturated rings. The highest BCUT2D eigenvalue weighted by atomic mass is 35.5. The highest BCUT2D eigenvalue weighted by molar-refractivity contribution is 6.42. The van der Waals surface area contributed by atoms with Crippen LogP contribution in [-0.4, -0.2) is 22.9 Å². The number of ether oxygens (including phenoxy) is 1. The predicted molar refractivity (Wildman–Crippen MR) is 95.4 cm³/mol. The minimum absolute atomic E-state index is 0.165. The van der Waals surface area contributed by atoms with Gasteiger partial charge in [-0.05, 0) is 30.3 Å². The van der Waals surface area contributed by atoms with Gasteiger partial charge in [-0.2, -0.15) is 5.10 Å². The molecule has 3 rings (SSSR count). The molecule has 0 aliphatic carbocycles. The molecule has 4 nitrogen and oxygen atoms in total. The molecule has 3 aromatic rings. The van der Waals surface area contributed by atoms with Crippen LogP contribution in [0.3, 0.4) is 0 Å². The fraction of sp³-hybridized carbons (Fsp3) is 0.0588. The van der Waals surface area contributed by atoms with E-state index >= 15 is 0 Å². The fourth-order valence-electron chi connectivity index (χ4n) is 2.26. The summed E-state index contributed by atoms with van der Waals surface area (Å²) in [6.07, 6.45) is 0. The normalized spacial score (nSPS) is 10.7. The summed E-state index contributed by atoms with van der Waals surface area (Å²) < 4.78 is 6.33. The number of hydrogen-bond donors (Lipinski definition) is 0. The first-order chi connectivity index (χ1) is 11.5. The van der Waals surface area contributed by atoms with E-state index in [1.165, 1.54) is 7.11 Å². The Bertz CT molecular complexity index is 922. The Morgan fingerprint density at radius 2 is 1.75 bits per heavy atom. The van der Waals surface area contributed by atoms with Crippen molar-refractivity contribution in [1.82, 2.24) is 9.78 Å². The maximum atomic E-state index is 11.9. The van der Waals surface area contributed by atoms with Crippen molar-refractivity contribution in [3.63, 3.8) is 0 Å². The summed E-state index contributed by atoms with van der Waals surface area (Å²) in [5, 5.41) is 5.67. The lowest BCUT2D eigenvalue weighted by molar-refractivity contribution is 0.0593. The zero-order valence-corrected chi connectivity index (χ0v) is 14.7. The van der Waals surface area contributed by atoms with Gasteiger partial charge in [0.15, 0.2) is 5.69 Å². The molecule has 0 amide bonds. The van der Waals surface area contributed by atoms with E-state index in [1.807, 2.05) is 18.2 Å². The van der Waals surface area contributed by atoms with Crippen molar-refractivity contribution in [3.05, 3.63) is 69.3 Å². The van der Waals surface area contributed by atoms with E-state index < -0.39 is 5.97 Å². The summed E-state index contributed by atoms with van der Waals surface area (Å²) in [5.74, 6) is -0.540. The second-order valence-electron chi connectivity index (χ2n) is 4.90. The molecule has 7 heteroatoms. The maximum absolute atomic E-state index is 11.9. The number of carbonyl (C=O) groups excluding carboxylic acids is 1. The highest BCUT2D eigenvalue weighted by Crippen LogP contribution is 2.32. The third kappa shape index (κ3) is 3.13. The van der Waals surface area contributed by atoms with E-state index in [0.29, 0.717) is 26.4 Å². The van der Waals surface area contributed by atoms with Gasteiger partial charge >= 0.3 is 5.97 Å².